The Hall–Kier alpha value is -2.24. The minimum absolute atomic E-state index is 0.210. The molecule has 0 aromatic rings. The van der Waals surface area contributed by atoms with Gasteiger partial charge in [0, 0.05) is 35.4 Å². The van der Waals surface area contributed by atoms with Crippen molar-refractivity contribution in [3.8, 4) is 0 Å². The Balaban J connectivity index is 1.93. The Morgan fingerprint density at radius 2 is 0.810 bits per heavy atom. The molecule has 0 radical (unpaired) electrons. The Labute approximate surface area is 123 Å². The molecule has 2 aliphatic rings. The summed E-state index contributed by atoms with van der Waals surface area (Å²) < 4.78 is 0. The van der Waals surface area contributed by atoms with Gasteiger partial charge in [0.2, 0.25) is 0 Å². The Bertz CT molecular complexity index is 526. The maximum absolute atomic E-state index is 11.9. The Morgan fingerprint density at radius 1 is 0.571 bits per heavy atom. The van der Waals surface area contributed by atoms with Crippen molar-refractivity contribution in [1.82, 2.24) is 9.80 Å². The van der Waals surface area contributed by atoms with Crippen LogP contribution in [0.25, 0.3) is 0 Å². The molecule has 2 heterocycles. The largest absolute Gasteiger partial charge is 0.275 e. The van der Waals surface area contributed by atoms with Crippen LogP contribution in [0.1, 0.15) is 34.1 Å². The highest BCUT2D eigenvalue weighted by atomic mass is 16.2. The van der Waals surface area contributed by atoms with Crippen LogP contribution in [-0.4, -0.2) is 46.5 Å². The first-order valence-corrected chi connectivity index (χ1v) is 6.84. The van der Waals surface area contributed by atoms with E-state index in [0.717, 1.165) is 0 Å². The van der Waals surface area contributed by atoms with Gasteiger partial charge in [-0.15, -0.1) is 0 Å². The van der Waals surface area contributed by atoms with Gasteiger partial charge in [0.1, 0.15) is 0 Å². The molecular formula is C15H18N2O4. The number of hydrogen-bond acceptors (Lipinski definition) is 4. The second kappa shape index (κ2) is 5.27. The van der Waals surface area contributed by atoms with Crippen LogP contribution >= 0.6 is 0 Å². The van der Waals surface area contributed by atoms with Gasteiger partial charge in [-0.2, -0.15) is 0 Å². The fraction of sp³-hybridized carbons (Fsp3) is 0.467. The van der Waals surface area contributed by atoms with Crippen molar-refractivity contribution in [1.29, 1.82) is 0 Å². The zero-order valence-corrected chi connectivity index (χ0v) is 12.6. The molecule has 2 rings (SSSR count). The predicted octanol–water partition coefficient (Wildman–Crippen LogP) is 0.787. The molecule has 0 bridgehead atoms. The molecule has 0 spiro atoms. The van der Waals surface area contributed by atoms with Crippen LogP contribution in [0.5, 0.6) is 0 Å². The van der Waals surface area contributed by atoms with Gasteiger partial charge in [-0.1, -0.05) is 0 Å². The van der Waals surface area contributed by atoms with Gasteiger partial charge in [-0.05, 0) is 34.1 Å². The lowest BCUT2D eigenvalue weighted by Crippen LogP contribution is -2.37. The summed E-state index contributed by atoms with van der Waals surface area (Å²) in [5, 5.41) is 0. The van der Waals surface area contributed by atoms with E-state index in [1.807, 2.05) is 0 Å². The quantitative estimate of drug-likeness (QED) is 0.717. The molecule has 0 fully saturated rings. The molecule has 0 aromatic heterocycles. The summed E-state index contributed by atoms with van der Waals surface area (Å²) in [5.74, 6) is -1.16. The summed E-state index contributed by atoms with van der Waals surface area (Å²) in [7, 11) is 0. The molecule has 0 saturated heterocycles. The van der Waals surface area contributed by atoms with E-state index in [0.29, 0.717) is 28.7 Å². The van der Waals surface area contributed by atoms with Gasteiger partial charge in [-0.25, -0.2) is 0 Å². The molecule has 6 nitrogen and oxygen atoms in total. The summed E-state index contributed by atoms with van der Waals surface area (Å²) in [5.41, 5.74) is 1.84. The van der Waals surface area contributed by atoms with Gasteiger partial charge >= 0.3 is 0 Å². The first kappa shape index (κ1) is 15.2. The van der Waals surface area contributed by atoms with Crippen molar-refractivity contribution in [2.45, 2.75) is 34.1 Å². The van der Waals surface area contributed by atoms with Crippen LogP contribution in [-0.2, 0) is 19.2 Å². The number of carbonyl (C=O) groups is 4. The number of amides is 4. The van der Waals surface area contributed by atoms with Crippen molar-refractivity contribution >= 4 is 23.6 Å². The van der Waals surface area contributed by atoms with E-state index >= 15 is 0 Å². The van der Waals surface area contributed by atoms with Crippen LogP contribution < -0.4 is 0 Å². The first-order chi connectivity index (χ1) is 9.77. The van der Waals surface area contributed by atoms with Gasteiger partial charge in [0.25, 0.3) is 23.6 Å². The SMILES string of the molecule is CC1=C(C)C(=O)N(CCCN2C(=O)C(C)=C(C)C2=O)C1=O. The molecule has 0 unspecified atom stereocenters. The zero-order chi connectivity index (χ0) is 15.9. The Morgan fingerprint density at radius 3 is 1.05 bits per heavy atom. The number of carbonyl (C=O) groups excluding carboxylic acids is 4. The highest BCUT2D eigenvalue weighted by molar-refractivity contribution is 6.19. The van der Waals surface area contributed by atoms with Gasteiger partial charge < -0.3 is 0 Å². The van der Waals surface area contributed by atoms with Crippen molar-refractivity contribution in [2.75, 3.05) is 13.1 Å². The summed E-state index contributed by atoms with van der Waals surface area (Å²) >= 11 is 0. The van der Waals surface area contributed by atoms with Crippen molar-refractivity contribution in [3.05, 3.63) is 22.3 Å². The number of hydrogen-bond donors (Lipinski definition) is 0. The average Bonchev–Trinajstić information content (AvgIpc) is 2.76. The molecule has 0 N–H and O–H groups in total. The van der Waals surface area contributed by atoms with Crippen LogP contribution in [0, 0.1) is 0 Å². The van der Waals surface area contributed by atoms with E-state index in [9.17, 15) is 19.2 Å². The highest BCUT2D eigenvalue weighted by Crippen LogP contribution is 2.22. The topological polar surface area (TPSA) is 74.8 Å². The Kier molecular flexibility index (Phi) is 3.80. The fourth-order valence-corrected chi connectivity index (χ4v) is 2.43. The monoisotopic (exact) mass is 290 g/mol. The van der Waals surface area contributed by atoms with Gasteiger partial charge in [0.15, 0.2) is 0 Å². The molecule has 0 saturated carbocycles. The molecule has 2 aliphatic heterocycles. The maximum atomic E-state index is 11.9. The molecule has 0 aromatic carbocycles. The predicted molar refractivity (Wildman–Crippen MR) is 74.8 cm³/mol. The molecule has 21 heavy (non-hydrogen) atoms. The smallest absolute Gasteiger partial charge is 0.256 e. The van der Waals surface area contributed by atoms with E-state index in [1.54, 1.807) is 27.7 Å². The first-order valence-electron chi connectivity index (χ1n) is 6.84. The summed E-state index contributed by atoms with van der Waals surface area (Å²) in [6.45, 7) is 6.92. The molecule has 6 heteroatoms. The normalized spacial score (nSPS) is 19.8. The van der Waals surface area contributed by atoms with Crippen molar-refractivity contribution in [2.24, 2.45) is 0 Å². The lowest BCUT2D eigenvalue weighted by atomic mass is 10.2. The lowest BCUT2D eigenvalue weighted by molar-refractivity contribution is -0.137. The van der Waals surface area contributed by atoms with Crippen LogP contribution in [0.3, 0.4) is 0 Å². The van der Waals surface area contributed by atoms with E-state index in [-0.39, 0.29) is 36.7 Å². The fourth-order valence-electron chi connectivity index (χ4n) is 2.43. The number of nitrogens with zero attached hydrogens (tertiary/aromatic N) is 2. The van der Waals surface area contributed by atoms with E-state index in [4.69, 9.17) is 0 Å². The summed E-state index contributed by atoms with van der Waals surface area (Å²) in [6, 6.07) is 0. The number of imide groups is 2. The van der Waals surface area contributed by atoms with Gasteiger partial charge in [-0.3, -0.25) is 29.0 Å². The summed E-state index contributed by atoms with van der Waals surface area (Å²) in [4.78, 5) is 49.8. The zero-order valence-electron chi connectivity index (χ0n) is 12.6. The van der Waals surface area contributed by atoms with Crippen LogP contribution in [0.15, 0.2) is 22.3 Å². The molecular weight excluding hydrogens is 272 g/mol. The average molecular weight is 290 g/mol. The molecule has 0 aliphatic carbocycles. The summed E-state index contributed by atoms with van der Waals surface area (Å²) in [6.07, 6.45) is 0.385. The highest BCUT2D eigenvalue weighted by Gasteiger charge is 2.35. The lowest BCUT2D eigenvalue weighted by Gasteiger charge is -2.18. The van der Waals surface area contributed by atoms with E-state index < -0.39 is 0 Å². The maximum Gasteiger partial charge on any atom is 0.256 e. The number of rotatable bonds is 4. The molecule has 4 amide bonds. The third kappa shape index (κ3) is 2.30. The van der Waals surface area contributed by atoms with E-state index in [2.05, 4.69) is 0 Å². The third-order valence-corrected chi connectivity index (χ3v) is 4.15. The standard InChI is InChI=1S/C15H18N2O4/c1-8-9(2)13(19)16(12(8)18)6-5-7-17-14(20)10(3)11(4)15(17)21/h5-7H2,1-4H3. The minimum atomic E-state index is -0.290. The minimum Gasteiger partial charge on any atom is -0.275 e. The second-order valence-electron chi connectivity index (χ2n) is 5.38. The van der Waals surface area contributed by atoms with E-state index in [1.165, 1.54) is 9.80 Å². The van der Waals surface area contributed by atoms with Crippen LogP contribution in [0.2, 0.25) is 0 Å². The second-order valence-corrected chi connectivity index (χ2v) is 5.38. The molecule has 112 valence electrons. The van der Waals surface area contributed by atoms with Gasteiger partial charge in [0.05, 0.1) is 0 Å². The molecule has 0 atom stereocenters. The van der Waals surface area contributed by atoms with Crippen LogP contribution in [0.4, 0.5) is 0 Å². The van der Waals surface area contributed by atoms with Crippen molar-refractivity contribution < 1.29 is 19.2 Å². The third-order valence-electron chi connectivity index (χ3n) is 4.15. The van der Waals surface area contributed by atoms with Crippen molar-refractivity contribution in [3.63, 3.8) is 0 Å².